The second-order valence-corrected chi connectivity index (χ2v) is 6.26. The first-order valence-corrected chi connectivity index (χ1v) is 8.11. The zero-order valence-electron chi connectivity index (χ0n) is 13.8. The van der Waals surface area contributed by atoms with Gasteiger partial charge in [-0.25, -0.2) is 0 Å². The van der Waals surface area contributed by atoms with E-state index >= 15 is 0 Å². The van der Waals surface area contributed by atoms with E-state index in [1.807, 2.05) is 18.2 Å². The molecule has 0 spiro atoms. The van der Waals surface area contributed by atoms with Crippen molar-refractivity contribution in [2.75, 3.05) is 20.3 Å². The molecule has 4 heteroatoms. The summed E-state index contributed by atoms with van der Waals surface area (Å²) in [6.07, 6.45) is 2.44. The third-order valence-electron chi connectivity index (χ3n) is 4.36. The molecule has 1 aliphatic heterocycles. The van der Waals surface area contributed by atoms with Crippen molar-refractivity contribution >= 4 is 5.91 Å². The molecule has 4 nitrogen and oxygen atoms in total. The molecule has 1 heterocycles. The van der Waals surface area contributed by atoms with Crippen LogP contribution in [0.4, 0.5) is 0 Å². The van der Waals surface area contributed by atoms with Crippen LogP contribution in [-0.2, 0) is 16.0 Å². The minimum Gasteiger partial charge on any atom is -0.496 e. The van der Waals surface area contributed by atoms with Crippen LogP contribution in [0.2, 0.25) is 0 Å². The van der Waals surface area contributed by atoms with Crippen molar-refractivity contribution < 1.29 is 14.3 Å². The van der Waals surface area contributed by atoms with Crippen LogP contribution in [0.3, 0.4) is 0 Å². The molecule has 0 unspecified atom stereocenters. The number of carbonyl (C=O) groups excluding carboxylic acids is 1. The molecule has 0 bridgehead atoms. The topological polar surface area (TPSA) is 47.6 Å². The summed E-state index contributed by atoms with van der Waals surface area (Å²) >= 11 is 0. The molecule has 1 saturated heterocycles. The minimum absolute atomic E-state index is 0.0904. The van der Waals surface area contributed by atoms with Gasteiger partial charge in [0.1, 0.15) is 5.75 Å². The Balaban J connectivity index is 2.01. The van der Waals surface area contributed by atoms with Gasteiger partial charge < -0.3 is 14.8 Å². The maximum Gasteiger partial charge on any atom is 0.223 e. The fraction of sp³-hybridized carbons (Fsp3) is 0.611. The Hall–Kier alpha value is -1.55. The Labute approximate surface area is 133 Å². The van der Waals surface area contributed by atoms with Crippen LogP contribution in [0, 0.1) is 11.8 Å². The van der Waals surface area contributed by atoms with Crippen LogP contribution < -0.4 is 10.1 Å². The monoisotopic (exact) mass is 305 g/mol. The first-order chi connectivity index (χ1) is 10.6. The van der Waals surface area contributed by atoms with E-state index in [4.69, 9.17) is 9.47 Å². The van der Waals surface area contributed by atoms with Gasteiger partial charge in [-0.1, -0.05) is 32.0 Å². The Morgan fingerprint density at radius 2 is 2.00 bits per heavy atom. The van der Waals surface area contributed by atoms with Crippen molar-refractivity contribution in [1.82, 2.24) is 5.32 Å². The summed E-state index contributed by atoms with van der Waals surface area (Å²) in [5.74, 6) is 1.51. The van der Waals surface area contributed by atoms with Crippen LogP contribution in [0.1, 0.15) is 32.3 Å². The van der Waals surface area contributed by atoms with Gasteiger partial charge in [-0.2, -0.15) is 0 Å². The van der Waals surface area contributed by atoms with E-state index in [0.717, 1.165) is 30.6 Å². The van der Waals surface area contributed by atoms with Crippen molar-refractivity contribution in [3.63, 3.8) is 0 Å². The lowest BCUT2D eigenvalue weighted by atomic mass is 9.93. The molecular formula is C18H27NO3. The second kappa shape index (κ2) is 8.18. The van der Waals surface area contributed by atoms with Crippen molar-refractivity contribution in [2.24, 2.45) is 11.8 Å². The van der Waals surface area contributed by atoms with E-state index in [0.29, 0.717) is 19.1 Å². The Morgan fingerprint density at radius 3 is 2.64 bits per heavy atom. The first kappa shape index (κ1) is 16.8. The summed E-state index contributed by atoms with van der Waals surface area (Å²) in [4.78, 5) is 12.5. The number of methoxy groups -OCH3 is 1. The average Bonchev–Trinajstić information content (AvgIpc) is 2.55. The molecule has 1 N–H and O–H groups in total. The van der Waals surface area contributed by atoms with E-state index in [9.17, 15) is 4.79 Å². The summed E-state index contributed by atoms with van der Waals surface area (Å²) < 4.78 is 10.7. The predicted octanol–water partition coefficient (Wildman–Crippen LogP) is 2.81. The number of para-hydroxylation sites is 1. The lowest BCUT2D eigenvalue weighted by molar-refractivity contribution is -0.128. The van der Waals surface area contributed by atoms with Crippen LogP contribution in [0.25, 0.3) is 0 Å². The lowest BCUT2D eigenvalue weighted by Gasteiger charge is -2.27. The zero-order valence-corrected chi connectivity index (χ0v) is 13.8. The van der Waals surface area contributed by atoms with Crippen molar-refractivity contribution in [1.29, 1.82) is 0 Å². The van der Waals surface area contributed by atoms with Crippen molar-refractivity contribution in [3.8, 4) is 5.75 Å². The van der Waals surface area contributed by atoms with E-state index < -0.39 is 0 Å². The number of hydrogen-bond acceptors (Lipinski definition) is 3. The van der Waals surface area contributed by atoms with E-state index in [-0.39, 0.29) is 17.9 Å². The number of hydrogen-bond donors (Lipinski definition) is 1. The Morgan fingerprint density at radius 1 is 1.32 bits per heavy atom. The quantitative estimate of drug-likeness (QED) is 0.879. The number of ether oxygens (including phenoxy) is 2. The van der Waals surface area contributed by atoms with Crippen LogP contribution >= 0.6 is 0 Å². The van der Waals surface area contributed by atoms with Gasteiger partial charge in [0.25, 0.3) is 0 Å². The number of amides is 1. The van der Waals surface area contributed by atoms with Crippen LogP contribution in [-0.4, -0.2) is 32.3 Å². The zero-order chi connectivity index (χ0) is 15.9. The third-order valence-corrected chi connectivity index (χ3v) is 4.36. The van der Waals surface area contributed by atoms with Gasteiger partial charge in [-0.05, 0) is 36.8 Å². The minimum atomic E-state index is 0.0904. The molecule has 1 amide bonds. The molecule has 2 rings (SSSR count). The van der Waals surface area contributed by atoms with Gasteiger partial charge in [-0.3, -0.25) is 4.79 Å². The smallest absolute Gasteiger partial charge is 0.223 e. The van der Waals surface area contributed by atoms with Gasteiger partial charge in [-0.15, -0.1) is 0 Å². The van der Waals surface area contributed by atoms with Crippen molar-refractivity contribution in [3.05, 3.63) is 29.8 Å². The first-order valence-electron chi connectivity index (χ1n) is 8.11. The highest BCUT2D eigenvalue weighted by atomic mass is 16.5. The average molecular weight is 305 g/mol. The highest BCUT2D eigenvalue weighted by Gasteiger charge is 2.25. The number of rotatable bonds is 6. The van der Waals surface area contributed by atoms with E-state index in [2.05, 4.69) is 25.2 Å². The van der Waals surface area contributed by atoms with Gasteiger partial charge >= 0.3 is 0 Å². The SMILES string of the molecule is COc1ccccc1C[C@H](NC(=O)C1CCOCC1)C(C)C. The number of nitrogens with one attached hydrogen (secondary N) is 1. The molecule has 0 radical (unpaired) electrons. The summed E-state index contributed by atoms with van der Waals surface area (Å²) in [5, 5.41) is 3.24. The van der Waals surface area contributed by atoms with Crippen LogP contribution in [0.5, 0.6) is 5.75 Å². The summed E-state index contributed by atoms with van der Waals surface area (Å²) in [7, 11) is 1.68. The fourth-order valence-electron chi connectivity index (χ4n) is 2.82. The maximum atomic E-state index is 12.5. The van der Waals surface area contributed by atoms with Gasteiger partial charge in [0.2, 0.25) is 5.91 Å². The summed E-state index contributed by atoms with van der Waals surface area (Å²) in [5.41, 5.74) is 1.14. The molecule has 22 heavy (non-hydrogen) atoms. The summed E-state index contributed by atoms with van der Waals surface area (Å²) in [6.45, 7) is 5.67. The molecule has 0 saturated carbocycles. The predicted molar refractivity (Wildman–Crippen MR) is 87.0 cm³/mol. The molecule has 0 aliphatic carbocycles. The molecule has 1 atom stereocenters. The maximum absolute atomic E-state index is 12.5. The highest BCUT2D eigenvalue weighted by Crippen LogP contribution is 2.22. The molecule has 0 aromatic heterocycles. The third kappa shape index (κ3) is 4.47. The molecule has 1 aliphatic rings. The van der Waals surface area contributed by atoms with Crippen molar-refractivity contribution in [2.45, 2.75) is 39.2 Å². The van der Waals surface area contributed by atoms with Crippen LogP contribution in [0.15, 0.2) is 24.3 Å². The highest BCUT2D eigenvalue weighted by molar-refractivity contribution is 5.79. The van der Waals surface area contributed by atoms with Gasteiger partial charge in [0, 0.05) is 25.2 Å². The second-order valence-electron chi connectivity index (χ2n) is 6.26. The fourth-order valence-corrected chi connectivity index (χ4v) is 2.82. The molecule has 1 aromatic rings. The Bertz CT molecular complexity index is 481. The normalized spacial score (nSPS) is 17.3. The number of benzene rings is 1. The number of carbonyl (C=O) groups is 1. The molecule has 122 valence electrons. The van der Waals surface area contributed by atoms with Gasteiger partial charge in [0.15, 0.2) is 0 Å². The van der Waals surface area contributed by atoms with E-state index in [1.54, 1.807) is 7.11 Å². The van der Waals surface area contributed by atoms with Gasteiger partial charge in [0.05, 0.1) is 7.11 Å². The lowest BCUT2D eigenvalue weighted by Crippen LogP contribution is -2.44. The summed E-state index contributed by atoms with van der Waals surface area (Å²) in [6, 6.07) is 8.12. The Kier molecular flexibility index (Phi) is 6.25. The largest absolute Gasteiger partial charge is 0.496 e. The molecular weight excluding hydrogens is 278 g/mol. The standard InChI is InChI=1S/C18H27NO3/c1-13(2)16(12-15-6-4-5-7-17(15)21-3)19-18(20)14-8-10-22-11-9-14/h4-7,13-14,16H,8-12H2,1-3H3,(H,19,20)/t16-/m0/s1. The van der Waals surface area contributed by atoms with E-state index in [1.165, 1.54) is 0 Å². The molecule has 1 aromatic carbocycles. The molecule has 1 fully saturated rings.